The molecule has 1 N–H and O–H groups in total. The average Bonchev–Trinajstić information content (AvgIpc) is 2.03. The van der Waals surface area contributed by atoms with Crippen molar-refractivity contribution in [1.29, 1.82) is 0 Å². The van der Waals surface area contributed by atoms with E-state index >= 15 is 0 Å². The van der Waals surface area contributed by atoms with E-state index < -0.39 is 0 Å². The minimum absolute atomic E-state index is 0.687. The van der Waals surface area contributed by atoms with E-state index in [-0.39, 0.29) is 0 Å². The summed E-state index contributed by atoms with van der Waals surface area (Å²) in [5, 5.41) is 3.62. The van der Waals surface area contributed by atoms with Gasteiger partial charge in [0.25, 0.3) is 0 Å². The first-order valence-corrected chi connectivity index (χ1v) is 5.00. The molecule has 1 nitrogen and oxygen atoms in total. The van der Waals surface area contributed by atoms with Crippen LogP contribution in [0, 0.1) is 0 Å². The third kappa shape index (κ3) is 5.79. The molecule has 2 unspecified atom stereocenters. The van der Waals surface area contributed by atoms with Crippen LogP contribution in [0.25, 0.3) is 0 Å². The molecule has 0 saturated heterocycles. The van der Waals surface area contributed by atoms with Crippen LogP contribution >= 0.6 is 0 Å². The van der Waals surface area contributed by atoms with Crippen LogP contribution in [0.15, 0.2) is 0 Å². The zero-order valence-corrected chi connectivity index (χ0v) is 8.48. The van der Waals surface area contributed by atoms with Gasteiger partial charge in [-0.15, -0.1) is 0 Å². The van der Waals surface area contributed by atoms with Crippen LogP contribution in [-0.4, -0.2) is 28.5 Å². The van der Waals surface area contributed by atoms with Crippen LogP contribution < -0.4 is 5.32 Å². The molecule has 0 radical (unpaired) electrons. The standard InChI is InChI=1S/C9H20N.Li/c1-4-7-9(6-3)10-8-5-2;/h8-10H,4-7H2,1-3H3;. The van der Waals surface area contributed by atoms with Gasteiger partial charge in [-0.05, 0) is 0 Å². The van der Waals surface area contributed by atoms with Crippen molar-refractivity contribution in [3.8, 4) is 0 Å². The molecule has 0 aromatic rings. The van der Waals surface area contributed by atoms with E-state index in [1.807, 2.05) is 0 Å². The molecule has 0 aromatic carbocycles. The van der Waals surface area contributed by atoms with Gasteiger partial charge in [-0.1, -0.05) is 0 Å². The van der Waals surface area contributed by atoms with E-state index in [0.717, 1.165) is 6.04 Å². The first-order valence-electron chi connectivity index (χ1n) is 5.00. The van der Waals surface area contributed by atoms with Crippen LogP contribution in [0.1, 0.15) is 46.5 Å². The summed E-state index contributed by atoms with van der Waals surface area (Å²) in [5.41, 5.74) is 0. The molecule has 0 aliphatic carbocycles. The molecule has 0 rings (SSSR count). The monoisotopic (exact) mass is 149 g/mol. The third-order valence-corrected chi connectivity index (χ3v) is 2.26. The number of hydrogen-bond donors (Lipinski definition) is 1. The van der Waals surface area contributed by atoms with Gasteiger partial charge in [0.1, 0.15) is 0 Å². The molecule has 0 heterocycles. The van der Waals surface area contributed by atoms with Crippen LogP contribution in [-0.2, 0) is 0 Å². The van der Waals surface area contributed by atoms with E-state index in [0.29, 0.717) is 4.71 Å². The van der Waals surface area contributed by atoms with Gasteiger partial charge in [0.15, 0.2) is 0 Å². The van der Waals surface area contributed by atoms with E-state index in [1.165, 1.54) is 25.7 Å². The van der Waals surface area contributed by atoms with E-state index in [9.17, 15) is 0 Å². The summed E-state index contributed by atoms with van der Waals surface area (Å²) in [7, 11) is 0. The molecule has 62 valence electrons. The molecule has 0 aliphatic heterocycles. The Bertz CT molecular complexity index is 85.6. The normalized spacial score (nSPS) is 16.5. The SMILES string of the molecule is [Li][CH](CC)NC(CC)CCC. The molecule has 11 heavy (non-hydrogen) atoms. The molecule has 0 aromatic heterocycles. The number of rotatable bonds is 6. The Morgan fingerprint density at radius 2 is 1.82 bits per heavy atom. The maximum atomic E-state index is 3.62. The quantitative estimate of drug-likeness (QED) is 0.570. The minimum atomic E-state index is 0.687. The molecule has 0 fully saturated rings. The zero-order chi connectivity index (χ0) is 8.69. The molecule has 2 atom stereocenters. The van der Waals surface area contributed by atoms with Crippen molar-refractivity contribution in [2.75, 3.05) is 0 Å². The third-order valence-electron chi connectivity index (χ3n) is 2.26. The first kappa shape index (κ1) is 11.6. The van der Waals surface area contributed by atoms with Crippen LogP contribution in [0.2, 0.25) is 0 Å². The van der Waals surface area contributed by atoms with Crippen LogP contribution in [0.4, 0.5) is 0 Å². The van der Waals surface area contributed by atoms with Gasteiger partial charge >= 0.3 is 80.2 Å². The first-order chi connectivity index (χ1) is 5.24. The van der Waals surface area contributed by atoms with Crippen LogP contribution in [0.3, 0.4) is 0 Å². The molecule has 0 bridgehead atoms. The van der Waals surface area contributed by atoms with Crippen molar-refractivity contribution in [3.05, 3.63) is 0 Å². The second-order valence-corrected chi connectivity index (χ2v) is 3.37. The van der Waals surface area contributed by atoms with Crippen molar-refractivity contribution in [2.24, 2.45) is 0 Å². The molecule has 0 amide bonds. The summed E-state index contributed by atoms with van der Waals surface area (Å²) in [6.45, 7) is 6.74. The molecule has 2 heteroatoms. The fourth-order valence-electron chi connectivity index (χ4n) is 1.27. The Kier molecular flexibility index (Phi) is 7.59. The van der Waals surface area contributed by atoms with E-state index in [4.69, 9.17) is 0 Å². The topological polar surface area (TPSA) is 12.0 Å². The summed E-state index contributed by atoms with van der Waals surface area (Å²) in [6.07, 6.45) is 5.11. The van der Waals surface area contributed by atoms with Crippen LogP contribution in [0.5, 0.6) is 0 Å². The fraction of sp³-hybridized carbons (Fsp3) is 1.00. The van der Waals surface area contributed by atoms with Crippen molar-refractivity contribution in [3.63, 3.8) is 0 Å². The van der Waals surface area contributed by atoms with Crippen molar-refractivity contribution in [1.82, 2.24) is 5.32 Å². The van der Waals surface area contributed by atoms with Gasteiger partial charge in [-0.3, -0.25) is 0 Å². The van der Waals surface area contributed by atoms with Gasteiger partial charge in [0, 0.05) is 0 Å². The molecule has 0 spiro atoms. The predicted octanol–water partition coefficient (Wildman–Crippen LogP) is 2.06. The summed E-state index contributed by atoms with van der Waals surface area (Å²) in [6, 6.07) is 0.745. The van der Waals surface area contributed by atoms with E-state index in [2.05, 4.69) is 43.8 Å². The Morgan fingerprint density at radius 1 is 1.18 bits per heavy atom. The van der Waals surface area contributed by atoms with Gasteiger partial charge < -0.3 is 0 Å². The zero-order valence-electron chi connectivity index (χ0n) is 8.48. The molecular formula is C9H20LiN. The Labute approximate surface area is 80.5 Å². The van der Waals surface area contributed by atoms with E-state index in [1.54, 1.807) is 0 Å². The van der Waals surface area contributed by atoms with Gasteiger partial charge in [0.2, 0.25) is 0 Å². The summed E-state index contributed by atoms with van der Waals surface area (Å²) in [5.74, 6) is 0. The summed E-state index contributed by atoms with van der Waals surface area (Å²) >= 11 is 2.26. The number of hydrogen-bond acceptors (Lipinski definition) is 1. The second kappa shape index (κ2) is 7.22. The van der Waals surface area contributed by atoms with Gasteiger partial charge in [-0.2, -0.15) is 0 Å². The Morgan fingerprint density at radius 3 is 2.18 bits per heavy atom. The molecule has 0 saturated carbocycles. The summed E-state index contributed by atoms with van der Waals surface area (Å²) < 4.78 is 0.687. The predicted molar refractivity (Wildman–Crippen MR) is 52.0 cm³/mol. The fourth-order valence-corrected chi connectivity index (χ4v) is 1.27. The Hall–Kier alpha value is 0.557. The number of nitrogens with one attached hydrogen (secondary N) is 1. The molecule has 0 aliphatic rings. The summed E-state index contributed by atoms with van der Waals surface area (Å²) in [4.78, 5) is 0. The second-order valence-electron chi connectivity index (χ2n) is 3.37. The van der Waals surface area contributed by atoms with Crippen molar-refractivity contribution >= 4 is 17.7 Å². The Balaban J connectivity index is 3.49. The maximum absolute atomic E-state index is 3.62. The molecular weight excluding hydrogens is 129 g/mol. The van der Waals surface area contributed by atoms with Gasteiger partial charge in [-0.25, -0.2) is 0 Å². The van der Waals surface area contributed by atoms with Crippen molar-refractivity contribution in [2.45, 2.75) is 57.2 Å². The van der Waals surface area contributed by atoms with Crippen molar-refractivity contribution < 1.29 is 0 Å². The average molecular weight is 149 g/mol. The van der Waals surface area contributed by atoms with Gasteiger partial charge in [0.05, 0.1) is 0 Å².